The second-order valence-corrected chi connectivity index (χ2v) is 7.84. The molecule has 0 saturated carbocycles. The maximum atomic E-state index is 12.3. The molecular formula is C17H23Cl3N2O4. The van der Waals surface area contributed by atoms with Gasteiger partial charge in [-0.15, -0.1) is 12.4 Å². The van der Waals surface area contributed by atoms with E-state index in [1.165, 1.54) is 4.90 Å². The number of carbonyl (C=O) groups is 2. The van der Waals surface area contributed by atoms with Crippen LogP contribution in [0.25, 0.3) is 0 Å². The van der Waals surface area contributed by atoms with Gasteiger partial charge >= 0.3 is 12.1 Å². The molecule has 1 aliphatic heterocycles. The number of aliphatic carboxylic acids is 1. The summed E-state index contributed by atoms with van der Waals surface area (Å²) in [5.41, 5.74) is 0.189. The quantitative estimate of drug-likeness (QED) is 0.795. The molecule has 0 aromatic heterocycles. The number of carboxylic acids is 1. The number of benzene rings is 1. The molecule has 2 rings (SSSR count). The maximum Gasteiger partial charge on any atom is 0.411 e. The Hall–Kier alpha value is -1.21. The van der Waals surface area contributed by atoms with Gasteiger partial charge in [-0.2, -0.15) is 0 Å². The highest BCUT2D eigenvalue weighted by Gasteiger charge is 2.37. The summed E-state index contributed by atoms with van der Waals surface area (Å²) in [6.07, 6.45) is -0.607. The molecule has 1 aromatic rings. The van der Waals surface area contributed by atoms with Crippen LogP contribution in [0.2, 0.25) is 10.0 Å². The van der Waals surface area contributed by atoms with Gasteiger partial charge in [-0.1, -0.05) is 29.3 Å². The molecule has 1 N–H and O–H groups in total. The lowest BCUT2D eigenvalue weighted by atomic mass is 10.1. The number of carbonyl (C=O) groups excluding carboxylic acids is 1. The third-order valence-corrected chi connectivity index (χ3v) is 4.37. The SMILES string of the molecule is CC(C)(C)OC(=O)N1CCN(Cc2ccc(Cl)cc2Cl)CC1C(=O)O.Cl. The summed E-state index contributed by atoms with van der Waals surface area (Å²) in [7, 11) is 0. The van der Waals surface area contributed by atoms with Gasteiger partial charge in [0.25, 0.3) is 0 Å². The second-order valence-electron chi connectivity index (χ2n) is 7.00. The van der Waals surface area contributed by atoms with Gasteiger partial charge < -0.3 is 9.84 Å². The van der Waals surface area contributed by atoms with Crippen molar-refractivity contribution in [2.24, 2.45) is 0 Å². The number of piperazine rings is 1. The number of hydrogen-bond acceptors (Lipinski definition) is 4. The average Bonchev–Trinajstić information content (AvgIpc) is 2.48. The zero-order valence-electron chi connectivity index (χ0n) is 14.9. The Bertz CT molecular complexity index is 664. The third-order valence-electron chi connectivity index (χ3n) is 3.79. The molecule has 0 bridgehead atoms. The van der Waals surface area contributed by atoms with E-state index in [1.807, 2.05) is 11.0 Å². The minimum absolute atomic E-state index is 0. The Kier molecular flexibility index (Phi) is 8.02. The Morgan fingerprint density at radius 1 is 1.27 bits per heavy atom. The number of ether oxygens (including phenoxy) is 1. The number of hydrogen-bond donors (Lipinski definition) is 1. The van der Waals surface area contributed by atoms with Crippen LogP contribution in [0.5, 0.6) is 0 Å². The summed E-state index contributed by atoms with van der Waals surface area (Å²) in [5.74, 6) is -1.06. The largest absolute Gasteiger partial charge is 0.480 e. The molecule has 1 atom stereocenters. The van der Waals surface area contributed by atoms with Gasteiger partial charge in [-0.05, 0) is 38.5 Å². The summed E-state index contributed by atoms with van der Waals surface area (Å²) in [4.78, 5) is 27.1. The summed E-state index contributed by atoms with van der Waals surface area (Å²) < 4.78 is 5.31. The van der Waals surface area contributed by atoms with Crippen LogP contribution < -0.4 is 0 Å². The van der Waals surface area contributed by atoms with Crippen LogP contribution in [-0.4, -0.2) is 58.2 Å². The van der Waals surface area contributed by atoms with Crippen molar-refractivity contribution in [3.63, 3.8) is 0 Å². The number of halogens is 3. The van der Waals surface area contributed by atoms with Gasteiger partial charge in [-0.25, -0.2) is 9.59 Å². The van der Waals surface area contributed by atoms with E-state index in [1.54, 1.807) is 32.9 Å². The first kappa shape index (κ1) is 22.8. The normalized spacial score (nSPS) is 18.2. The van der Waals surface area contributed by atoms with Crippen LogP contribution in [0, 0.1) is 0 Å². The lowest BCUT2D eigenvalue weighted by molar-refractivity contribution is -0.145. The van der Waals surface area contributed by atoms with E-state index in [4.69, 9.17) is 27.9 Å². The molecule has 1 aliphatic rings. The fourth-order valence-corrected chi connectivity index (χ4v) is 3.09. The van der Waals surface area contributed by atoms with E-state index in [0.717, 1.165) is 5.56 Å². The van der Waals surface area contributed by atoms with Gasteiger partial charge in [0.05, 0.1) is 0 Å². The predicted molar refractivity (Wildman–Crippen MR) is 103 cm³/mol. The van der Waals surface area contributed by atoms with Gasteiger partial charge in [0.15, 0.2) is 0 Å². The Labute approximate surface area is 169 Å². The average molecular weight is 426 g/mol. The van der Waals surface area contributed by atoms with Crippen molar-refractivity contribution < 1.29 is 19.4 Å². The lowest BCUT2D eigenvalue weighted by Gasteiger charge is -2.39. The van der Waals surface area contributed by atoms with Crippen LogP contribution in [0.4, 0.5) is 4.79 Å². The van der Waals surface area contributed by atoms with E-state index in [9.17, 15) is 14.7 Å². The molecule has 1 fully saturated rings. The molecule has 26 heavy (non-hydrogen) atoms. The molecule has 1 saturated heterocycles. The fraction of sp³-hybridized carbons (Fsp3) is 0.529. The Morgan fingerprint density at radius 3 is 2.46 bits per heavy atom. The van der Waals surface area contributed by atoms with Crippen LogP contribution >= 0.6 is 35.6 Å². The minimum Gasteiger partial charge on any atom is -0.480 e. The molecule has 1 heterocycles. The molecule has 0 aliphatic carbocycles. The topological polar surface area (TPSA) is 70.1 Å². The smallest absolute Gasteiger partial charge is 0.411 e. The molecule has 0 spiro atoms. The standard InChI is InChI=1S/C17H22Cl2N2O4.ClH/c1-17(2,3)25-16(24)21-7-6-20(10-14(21)15(22)23)9-11-4-5-12(18)8-13(11)19;/h4-5,8,14H,6-7,9-10H2,1-3H3,(H,22,23);1H. The molecule has 6 nitrogen and oxygen atoms in total. The van der Waals surface area contributed by atoms with Crippen molar-refractivity contribution in [2.75, 3.05) is 19.6 Å². The van der Waals surface area contributed by atoms with Crippen molar-refractivity contribution in [3.8, 4) is 0 Å². The van der Waals surface area contributed by atoms with E-state index in [-0.39, 0.29) is 25.5 Å². The number of rotatable bonds is 3. The zero-order valence-corrected chi connectivity index (χ0v) is 17.2. The van der Waals surface area contributed by atoms with Crippen LogP contribution in [0.15, 0.2) is 18.2 Å². The van der Waals surface area contributed by atoms with Gasteiger partial charge in [-0.3, -0.25) is 9.80 Å². The van der Waals surface area contributed by atoms with E-state index in [0.29, 0.717) is 23.1 Å². The van der Waals surface area contributed by atoms with Crippen LogP contribution in [-0.2, 0) is 16.1 Å². The van der Waals surface area contributed by atoms with Crippen molar-refractivity contribution in [3.05, 3.63) is 33.8 Å². The summed E-state index contributed by atoms with van der Waals surface area (Å²) >= 11 is 12.1. The highest BCUT2D eigenvalue weighted by Crippen LogP contribution is 2.24. The molecule has 1 aromatic carbocycles. The van der Waals surface area contributed by atoms with E-state index >= 15 is 0 Å². The maximum absolute atomic E-state index is 12.3. The molecule has 1 unspecified atom stereocenters. The molecule has 9 heteroatoms. The second kappa shape index (κ2) is 9.13. The van der Waals surface area contributed by atoms with Gasteiger partial charge in [0, 0.05) is 36.2 Å². The van der Waals surface area contributed by atoms with E-state index in [2.05, 4.69) is 0 Å². The highest BCUT2D eigenvalue weighted by atomic mass is 35.5. The fourth-order valence-electron chi connectivity index (χ4n) is 2.62. The first-order valence-electron chi connectivity index (χ1n) is 7.95. The molecule has 0 radical (unpaired) electrons. The van der Waals surface area contributed by atoms with Crippen molar-refractivity contribution in [2.45, 2.75) is 39.0 Å². The number of amides is 1. The predicted octanol–water partition coefficient (Wildman–Crippen LogP) is 3.92. The zero-order chi connectivity index (χ0) is 18.8. The molecule has 146 valence electrons. The highest BCUT2D eigenvalue weighted by molar-refractivity contribution is 6.35. The molecule has 1 amide bonds. The number of nitrogens with zero attached hydrogens (tertiary/aromatic N) is 2. The Morgan fingerprint density at radius 2 is 1.92 bits per heavy atom. The van der Waals surface area contributed by atoms with Gasteiger partial charge in [0.2, 0.25) is 0 Å². The number of carboxylic acid groups (broad SMARTS) is 1. The lowest BCUT2D eigenvalue weighted by Crippen LogP contribution is -2.58. The van der Waals surface area contributed by atoms with Crippen molar-refractivity contribution in [1.82, 2.24) is 9.80 Å². The van der Waals surface area contributed by atoms with Crippen molar-refractivity contribution >= 4 is 47.7 Å². The van der Waals surface area contributed by atoms with Crippen molar-refractivity contribution in [1.29, 1.82) is 0 Å². The minimum atomic E-state index is -1.06. The first-order valence-corrected chi connectivity index (χ1v) is 8.71. The Balaban J connectivity index is 0.00000338. The summed E-state index contributed by atoms with van der Waals surface area (Å²) in [6, 6.07) is 4.26. The third kappa shape index (κ3) is 6.20. The first-order chi connectivity index (χ1) is 11.6. The van der Waals surface area contributed by atoms with Gasteiger partial charge in [0.1, 0.15) is 11.6 Å². The summed E-state index contributed by atoms with van der Waals surface area (Å²) in [6.45, 7) is 6.74. The van der Waals surface area contributed by atoms with Crippen LogP contribution in [0.1, 0.15) is 26.3 Å². The van der Waals surface area contributed by atoms with E-state index < -0.39 is 23.7 Å². The molecular weight excluding hydrogens is 403 g/mol. The monoisotopic (exact) mass is 424 g/mol. The summed E-state index contributed by atoms with van der Waals surface area (Å²) in [5, 5.41) is 10.6. The van der Waals surface area contributed by atoms with Crippen LogP contribution in [0.3, 0.4) is 0 Å².